The fourth-order valence-corrected chi connectivity index (χ4v) is 4.14. The third kappa shape index (κ3) is 4.17. The van der Waals surface area contributed by atoms with Crippen LogP contribution in [0.4, 0.5) is 5.82 Å². The third-order valence-corrected chi connectivity index (χ3v) is 5.60. The van der Waals surface area contributed by atoms with Crippen LogP contribution >= 0.6 is 11.3 Å². The zero-order valence-corrected chi connectivity index (χ0v) is 17.0. The molecule has 0 bridgehead atoms. The van der Waals surface area contributed by atoms with E-state index in [0.717, 1.165) is 30.1 Å². The van der Waals surface area contributed by atoms with Crippen LogP contribution in [-0.2, 0) is 11.3 Å². The van der Waals surface area contributed by atoms with E-state index >= 15 is 0 Å². The topological polar surface area (TPSA) is 88.3 Å². The highest BCUT2D eigenvalue weighted by Crippen LogP contribution is 2.27. The molecule has 0 spiro atoms. The molecule has 0 aromatic carbocycles. The third-order valence-electron chi connectivity index (χ3n) is 4.74. The number of ether oxygens (including phenoxy) is 1. The van der Waals surface area contributed by atoms with E-state index in [1.54, 1.807) is 24.0 Å². The van der Waals surface area contributed by atoms with E-state index in [1.807, 2.05) is 4.57 Å². The zero-order valence-electron chi connectivity index (χ0n) is 16.2. The first-order valence-corrected chi connectivity index (χ1v) is 10.4. The van der Waals surface area contributed by atoms with E-state index in [0.29, 0.717) is 19.0 Å². The van der Waals surface area contributed by atoms with Crippen molar-refractivity contribution in [2.45, 2.75) is 32.7 Å². The van der Waals surface area contributed by atoms with Crippen LogP contribution in [0.15, 0.2) is 30.2 Å². The summed E-state index contributed by atoms with van der Waals surface area (Å²) in [6.45, 7) is 7.36. The van der Waals surface area contributed by atoms with Gasteiger partial charge in [0.05, 0.1) is 19.0 Å². The van der Waals surface area contributed by atoms with Crippen molar-refractivity contribution in [3.05, 3.63) is 35.0 Å². The second-order valence-electron chi connectivity index (χ2n) is 7.49. The SMILES string of the molecule is CC(C)CNc1ncnc2c1ncn2[C@H]1CN(Cc2cccs2)C[C@@H](CO)O1. The molecule has 3 aromatic heterocycles. The van der Waals surface area contributed by atoms with E-state index in [-0.39, 0.29) is 18.9 Å². The number of nitrogens with one attached hydrogen (secondary N) is 1. The number of aromatic nitrogens is 4. The molecule has 0 radical (unpaired) electrons. The van der Waals surface area contributed by atoms with Crippen LogP contribution in [0.2, 0.25) is 0 Å². The summed E-state index contributed by atoms with van der Waals surface area (Å²) in [5, 5.41) is 15.2. The number of imidazole rings is 1. The summed E-state index contributed by atoms with van der Waals surface area (Å²) in [7, 11) is 0. The molecule has 3 aromatic rings. The van der Waals surface area contributed by atoms with Crippen LogP contribution < -0.4 is 5.32 Å². The molecule has 1 saturated heterocycles. The number of hydrogen-bond donors (Lipinski definition) is 2. The fraction of sp³-hybridized carbons (Fsp3) is 0.526. The average Bonchev–Trinajstić information content (AvgIpc) is 3.35. The Morgan fingerprint density at radius 3 is 2.96 bits per heavy atom. The Hall–Kier alpha value is -2.07. The maximum absolute atomic E-state index is 9.72. The normalized spacial score (nSPS) is 20.9. The molecular weight excluding hydrogens is 376 g/mol. The molecule has 150 valence electrons. The molecule has 0 saturated carbocycles. The largest absolute Gasteiger partial charge is 0.394 e. The predicted octanol–water partition coefficient (Wildman–Crippen LogP) is 2.35. The van der Waals surface area contributed by atoms with Crippen molar-refractivity contribution >= 4 is 28.3 Å². The molecule has 2 atom stereocenters. The summed E-state index contributed by atoms with van der Waals surface area (Å²) in [5.41, 5.74) is 1.48. The molecule has 8 nitrogen and oxygen atoms in total. The summed E-state index contributed by atoms with van der Waals surface area (Å²) in [6, 6.07) is 4.20. The van der Waals surface area contributed by atoms with E-state index in [4.69, 9.17) is 4.74 Å². The summed E-state index contributed by atoms with van der Waals surface area (Å²) in [6.07, 6.45) is 2.81. The Labute approximate surface area is 168 Å². The van der Waals surface area contributed by atoms with Gasteiger partial charge in [-0.1, -0.05) is 19.9 Å². The number of fused-ring (bicyclic) bond motifs is 1. The number of aliphatic hydroxyl groups excluding tert-OH is 1. The number of aliphatic hydroxyl groups is 1. The van der Waals surface area contributed by atoms with Gasteiger partial charge in [0.2, 0.25) is 0 Å². The highest BCUT2D eigenvalue weighted by atomic mass is 32.1. The summed E-state index contributed by atoms with van der Waals surface area (Å²) >= 11 is 1.74. The lowest BCUT2D eigenvalue weighted by atomic mass is 10.2. The van der Waals surface area contributed by atoms with Crippen LogP contribution in [-0.4, -0.2) is 61.9 Å². The van der Waals surface area contributed by atoms with Crippen molar-refractivity contribution in [3.63, 3.8) is 0 Å². The smallest absolute Gasteiger partial charge is 0.167 e. The maximum atomic E-state index is 9.72. The number of anilines is 1. The van der Waals surface area contributed by atoms with Gasteiger partial charge in [-0.05, 0) is 17.4 Å². The summed E-state index contributed by atoms with van der Waals surface area (Å²) in [4.78, 5) is 16.9. The molecule has 28 heavy (non-hydrogen) atoms. The Balaban J connectivity index is 1.58. The van der Waals surface area contributed by atoms with Crippen molar-refractivity contribution in [2.24, 2.45) is 5.92 Å². The Bertz CT molecular complexity index is 897. The standard InChI is InChI=1S/C19H26N6O2S/c1-13(2)6-20-18-17-19(22-11-21-18)25(12-23-17)16-9-24(7-14(10-26)27-16)8-15-4-3-5-28-15/h3-5,11-14,16,26H,6-10H2,1-2H3,(H,20,21,22)/t14-,16+/m0/s1. The van der Waals surface area contributed by atoms with Crippen LogP contribution in [0.3, 0.4) is 0 Å². The van der Waals surface area contributed by atoms with Gasteiger partial charge >= 0.3 is 0 Å². The van der Waals surface area contributed by atoms with Gasteiger partial charge in [-0.3, -0.25) is 9.47 Å². The van der Waals surface area contributed by atoms with Gasteiger partial charge in [0.25, 0.3) is 0 Å². The van der Waals surface area contributed by atoms with Gasteiger partial charge in [0.1, 0.15) is 12.6 Å². The number of hydrogen-bond acceptors (Lipinski definition) is 8. The second-order valence-corrected chi connectivity index (χ2v) is 8.52. The fourth-order valence-electron chi connectivity index (χ4n) is 3.39. The van der Waals surface area contributed by atoms with Gasteiger partial charge in [-0.2, -0.15) is 0 Å². The monoisotopic (exact) mass is 402 g/mol. The first-order valence-electron chi connectivity index (χ1n) is 9.56. The Kier molecular flexibility index (Phi) is 5.86. The molecule has 2 N–H and O–H groups in total. The Morgan fingerprint density at radius 1 is 1.32 bits per heavy atom. The van der Waals surface area contributed by atoms with Crippen LogP contribution in [0, 0.1) is 5.92 Å². The molecule has 0 amide bonds. The first kappa shape index (κ1) is 19.3. The number of nitrogens with zero attached hydrogens (tertiary/aromatic N) is 5. The van der Waals surface area contributed by atoms with Gasteiger partial charge in [0.15, 0.2) is 17.0 Å². The molecule has 9 heteroatoms. The van der Waals surface area contributed by atoms with E-state index in [1.165, 1.54) is 4.88 Å². The van der Waals surface area contributed by atoms with Crippen molar-refractivity contribution in [1.29, 1.82) is 0 Å². The van der Waals surface area contributed by atoms with Crippen molar-refractivity contribution in [2.75, 3.05) is 31.6 Å². The quantitative estimate of drug-likeness (QED) is 0.627. The molecule has 1 aliphatic rings. The summed E-state index contributed by atoms with van der Waals surface area (Å²) < 4.78 is 8.07. The average molecular weight is 403 g/mol. The number of rotatable bonds is 7. The molecule has 0 aliphatic carbocycles. The molecule has 1 aliphatic heterocycles. The minimum Gasteiger partial charge on any atom is -0.394 e. The van der Waals surface area contributed by atoms with Crippen molar-refractivity contribution < 1.29 is 9.84 Å². The number of morpholine rings is 1. The lowest BCUT2D eigenvalue weighted by Gasteiger charge is -2.37. The van der Waals surface area contributed by atoms with Gasteiger partial charge < -0.3 is 15.2 Å². The van der Waals surface area contributed by atoms with Gasteiger partial charge in [0, 0.05) is 31.1 Å². The zero-order chi connectivity index (χ0) is 19.5. The predicted molar refractivity (Wildman–Crippen MR) is 109 cm³/mol. The van der Waals surface area contributed by atoms with Gasteiger partial charge in [-0.15, -0.1) is 11.3 Å². The van der Waals surface area contributed by atoms with Crippen molar-refractivity contribution in [3.8, 4) is 0 Å². The molecule has 1 fully saturated rings. The highest BCUT2D eigenvalue weighted by Gasteiger charge is 2.30. The molecule has 4 heterocycles. The highest BCUT2D eigenvalue weighted by molar-refractivity contribution is 7.09. The van der Waals surface area contributed by atoms with E-state index in [9.17, 15) is 5.11 Å². The number of thiophene rings is 1. The first-order chi connectivity index (χ1) is 13.6. The lowest BCUT2D eigenvalue weighted by Crippen LogP contribution is -2.46. The van der Waals surface area contributed by atoms with Crippen LogP contribution in [0.5, 0.6) is 0 Å². The molecule has 4 rings (SSSR count). The van der Waals surface area contributed by atoms with Crippen LogP contribution in [0.1, 0.15) is 25.0 Å². The minimum atomic E-state index is -0.260. The lowest BCUT2D eigenvalue weighted by molar-refractivity contribution is -0.135. The maximum Gasteiger partial charge on any atom is 0.167 e. The van der Waals surface area contributed by atoms with Crippen molar-refractivity contribution in [1.82, 2.24) is 24.4 Å². The van der Waals surface area contributed by atoms with E-state index in [2.05, 4.69) is 56.5 Å². The Morgan fingerprint density at radius 2 is 2.21 bits per heavy atom. The van der Waals surface area contributed by atoms with Crippen LogP contribution in [0.25, 0.3) is 11.2 Å². The van der Waals surface area contributed by atoms with E-state index < -0.39 is 0 Å². The van der Waals surface area contributed by atoms with Gasteiger partial charge in [-0.25, -0.2) is 15.0 Å². The summed E-state index contributed by atoms with van der Waals surface area (Å²) in [5.74, 6) is 1.24. The second kappa shape index (κ2) is 8.52. The minimum absolute atomic E-state index is 0.0136. The molecule has 0 unspecified atom stereocenters. The molecular formula is C19H26N6O2S.